The van der Waals surface area contributed by atoms with Gasteiger partial charge in [-0.3, -0.25) is 0 Å². The number of unbranched alkanes of at least 4 members (excludes halogenated alkanes) is 8. The molecular formula is C33H48O5. The van der Waals surface area contributed by atoms with Crippen molar-refractivity contribution in [3.05, 3.63) is 59.7 Å². The Balaban J connectivity index is 1.37. The monoisotopic (exact) mass is 524 g/mol. The van der Waals surface area contributed by atoms with Gasteiger partial charge in [-0.05, 0) is 74.6 Å². The number of carbonyl (C=O) groups is 1. The molecule has 1 aliphatic heterocycles. The zero-order valence-corrected chi connectivity index (χ0v) is 23.8. The number of ether oxygens (including phenoxy) is 4. The number of hydrogen-bond acceptors (Lipinski definition) is 5. The molecule has 0 N–H and O–H groups in total. The maximum Gasteiger partial charge on any atom is 0.338 e. The number of rotatable bonds is 17. The van der Waals surface area contributed by atoms with Gasteiger partial charge in [-0.1, -0.05) is 77.3 Å². The molecule has 0 amide bonds. The molecule has 1 heterocycles. The van der Waals surface area contributed by atoms with Crippen molar-refractivity contribution in [3.63, 3.8) is 0 Å². The molecule has 0 radical (unpaired) electrons. The van der Waals surface area contributed by atoms with Crippen LogP contribution in [0.2, 0.25) is 0 Å². The highest BCUT2D eigenvalue weighted by atomic mass is 16.6. The van der Waals surface area contributed by atoms with Crippen molar-refractivity contribution in [1.82, 2.24) is 0 Å². The van der Waals surface area contributed by atoms with E-state index < -0.39 is 0 Å². The lowest BCUT2D eigenvalue weighted by molar-refractivity contribution is -0.115. The average Bonchev–Trinajstić information content (AvgIpc) is 2.94. The smallest absolute Gasteiger partial charge is 0.338 e. The van der Waals surface area contributed by atoms with Crippen LogP contribution in [-0.2, 0) is 9.47 Å². The van der Waals surface area contributed by atoms with E-state index in [0.29, 0.717) is 12.2 Å². The number of esters is 1. The second kappa shape index (κ2) is 17.1. The highest BCUT2D eigenvalue weighted by molar-refractivity contribution is 5.89. The molecule has 3 rings (SSSR count). The van der Waals surface area contributed by atoms with Gasteiger partial charge in [0, 0.05) is 0 Å². The van der Waals surface area contributed by atoms with E-state index in [1.54, 1.807) is 12.1 Å². The Morgan fingerprint density at radius 2 is 1.26 bits per heavy atom. The molecule has 2 aromatic rings. The maximum absolute atomic E-state index is 12.8. The van der Waals surface area contributed by atoms with Crippen molar-refractivity contribution in [1.29, 1.82) is 0 Å². The number of benzene rings is 2. The summed E-state index contributed by atoms with van der Waals surface area (Å²) in [6, 6.07) is 15.5. The van der Waals surface area contributed by atoms with E-state index in [2.05, 4.69) is 26.0 Å². The van der Waals surface area contributed by atoms with Gasteiger partial charge >= 0.3 is 5.97 Å². The third-order valence-corrected chi connectivity index (χ3v) is 7.25. The molecule has 1 saturated heterocycles. The van der Waals surface area contributed by atoms with E-state index in [1.165, 1.54) is 51.4 Å². The van der Waals surface area contributed by atoms with Crippen molar-refractivity contribution in [2.24, 2.45) is 0 Å². The van der Waals surface area contributed by atoms with Crippen LogP contribution in [0.1, 0.15) is 120 Å². The fourth-order valence-electron chi connectivity index (χ4n) is 4.83. The van der Waals surface area contributed by atoms with E-state index in [0.717, 1.165) is 49.4 Å². The lowest BCUT2D eigenvalue weighted by Gasteiger charge is -2.34. The molecule has 210 valence electrons. The van der Waals surface area contributed by atoms with Crippen LogP contribution < -0.4 is 9.47 Å². The molecule has 0 bridgehead atoms. The second-order valence-corrected chi connectivity index (χ2v) is 10.5. The summed E-state index contributed by atoms with van der Waals surface area (Å²) in [5, 5.41) is 0. The van der Waals surface area contributed by atoms with Crippen LogP contribution >= 0.6 is 0 Å². The predicted molar refractivity (Wildman–Crippen MR) is 153 cm³/mol. The van der Waals surface area contributed by atoms with Crippen molar-refractivity contribution in [2.45, 2.75) is 116 Å². The van der Waals surface area contributed by atoms with Crippen LogP contribution in [0.15, 0.2) is 48.5 Å². The quantitative estimate of drug-likeness (QED) is 0.153. The minimum Gasteiger partial charge on any atom is -0.494 e. The van der Waals surface area contributed by atoms with Gasteiger partial charge in [0.15, 0.2) is 0 Å². The zero-order chi connectivity index (χ0) is 27.0. The average molecular weight is 525 g/mol. The highest BCUT2D eigenvalue weighted by Crippen LogP contribution is 2.33. The standard InChI is InChI=1S/C33H48O5/c1-4-6-8-10-11-13-25-36-30-20-16-28(17-21-30)33(34)38-31-22-23-32(37-26(31)3)27-14-18-29(19-15-27)35-24-12-9-7-5-2/h14-21,26,31-32H,4-13,22-25H2,1-3H3/t26-,31+,32+/m1/s1. The molecule has 1 aliphatic rings. The molecule has 5 heteroatoms. The minimum atomic E-state index is -0.313. The summed E-state index contributed by atoms with van der Waals surface area (Å²) in [6.45, 7) is 7.90. The summed E-state index contributed by atoms with van der Waals surface area (Å²) in [5.74, 6) is 1.38. The third-order valence-electron chi connectivity index (χ3n) is 7.25. The molecule has 0 unspecified atom stereocenters. The highest BCUT2D eigenvalue weighted by Gasteiger charge is 2.32. The fourth-order valence-corrected chi connectivity index (χ4v) is 4.83. The molecular weight excluding hydrogens is 476 g/mol. The number of carbonyl (C=O) groups excluding carboxylic acids is 1. The summed E-state index contributed by atoms with van der Waals surface area (Å²) in [4.78, 5) is 12.8. The zero-order valence-electron chi connectivity index (χ0n) is 23.8. The number of hydrogen-bond donors (Lipinski definition) is 0. The second-order valence-electron chi connectivity index (χ2n) is 10.5. The normalized spacial score (nSPS) is 19.2. The van der Waals surface area contributed by atoms with Gasteiger partial charge in [0.1, 0.15) is 17.6 Å². The van der Waals surface area contributed by atoms with Crippen molar-refractivity contribution in [2.75, 3.05) is 13.2 Å². The Labute approximate surface area is 230 Å². The SMILES string of the molecule is CCCCCCCCOc1ccc(C(=O)O[C@H]2CC[C@@H](c3ccc(OCCCCCC)cc3)O[C@@H]2C)cc1. The first-order chi connectivity index (χ1) is 18.6. The van der Waals surface area contributed by atoms with Gasteiger partial charge in [-0.25, -0.2) is 4.79 Å². The fraction of sp³-hybridized carbons (Fsp3) is 0.606. The topological polar surface area (TPSA) is 54.0 Å². The van der Waals surface area contributed by atoms with Gasteiger partial charge in [0.2, 0.25) is 0 Å². The first kappa shape index (κ1) is 30.0. The Morgan fingerprint density at radius 3 is 1.84 bits per heavy atom. The van der Waals surface area contributed by atoms with Crippen LogP contribution in [0.25, 0.3) is 0 Å². The van der Waals surface area contributed by atoms with Crippen LogP contribution in [0.4, 0.5) is 0 Å². The summed E-state index contributed by atoms with van der Waals surface area (Å²) >= 11 is 0. The van der Waals surface area contributed by atoms with Gasteiger partial charge in [-0.2, -0.15) is 0 Å². The van der Waals surface area contributed by atoms with Crippen LogP contribution in [-0.4, -0.2) is 31.4 Å². The van der Waals surface area contributed by atoms with E-state index in [9.17, 15) is 4.79 Å². The summed E-state index contributed by atoms with van der Waals surface area (Å²) in [5.41, 5.74) is 1.67. The Hall–Kier alpha value is -2.53. The lowest BCUT2D eigenvalue weighted by Crippen LogP contribution is -2.37. The Bertz CT molecular complexity index is 908. The maximum atomic E-state index is 12.8. The first-order valence-corrected chi connectivity index (χ1v) is 14.9. The van der Waals surface area contributed by atoms with Gasteiger partial charge in [-0.15, -0.1) is 0 Å². The lowest BCUT2D eigenvalue weighted by atomic mass is 9.96. The van der Waals surface area contributed by atoms with Gasteiger partial charge in [0.25, 0.3) is 0 Å². The van der Waals surface area contributed by atoms with Crippen LogP contribution in [0.3, 0.4) is 0 Å². The Kier molecular flexibility index (Phi) is 13.5. The van der Waals surface area contributed by atoms with E-state index in [-0.39, 0.29) is 24.3 Å². The van der Waals surface area contributed by atoms with Crippen molar-refractivity contribution in [3.8, 4) is 11.5 Å². The van der Waals surface area contributed by atoms with Crippen molar-refractivity contribution < 1.29 is 23.7 Å². The molecule has 1 fully saturated rings. The molecule has 3 atom stereocenters. The molecule has 0 spiro atoms. The largest absolute Gasteiger partial charge is 0.494 e. The molecule has 5 nitrogen and oxygen atoms in total. The minimum absolute atomic E-state index is 0.00151. The first-order valence-electron chi connectivity index (χ1n) is 14.9. The van der Waals surface area contributed by atoms with E-state index >= 15 is 0 Å². The van der Waals surface area contributed by atoms with Gasteiger partial charge in [0.05, 0.1) is 31.0 Å². The van der Waals surface area contributed by atoms with Crippen LogP contribution in [0, 0.1) is 0 Å². The van der Waals surface area contributed by atoms with E-state index in [4.69, 9.17) is 18.9 Å². The molecule has 0 aliphatic carbocycles. The molecule has 38 heavy (non-hydrogen) atoms. The van der Waals surface area contributed by atoms with Crippen LogP contribution in [0.5, 0.6) is 11.5 Å². The molecule has 0 saturated carbocycles. The molecule has 0 aromatic heterocycles. The third kappa shape index (κ3) is 10.3. The summed E-state index contributed by atoms with van der Waals surface area (Å²) in [6.07, 6.45) is 13.4. The Morgan fingerprint density at radius 1 is 0.737 bits per heavy atom. The van der Waals surface area contributed by atoms with Crippen molar-refractivity contribution >= 4 is 5.97 Å². The molecule has 2 aromatic carbocycles. The summed E-state index contributed by atoms with van der Waals surface area (Å²) < 4.78 is 23.8. The predicted octanol–water partition coefficient (Wildman–Crippen LogP) is 8.85. The van der Waals surface area contributed by atoms with E-state index in [1.807, 2.05) is 31.2 Å². The van der Waals surface area contributed by atoms with Gasteiger partial charge < -0.3 is 18.9 Å². The summed E-state index contributed by atoms with van der Waals surface area (Å²) in [7, 11) is 0.